The second-order valence-corrected chi connectivity index (χ2v) is 5.79. The van der Waals surface area contributed by atoms with Gasteiger partial charge < -0.3 is 24.4 Å². The number of rotatable bonds is 5. The van der Waals surface area contributed by atoms with Crippen molar-refractivity contribution in [1.29, 1.82) is 0 Å². The van der Waals surface area contributed by atoms with E-state index in [0.29, 0.717) is 5.56 Å². The van der Waals surface area contributed by atoms with E-state index in [0.717, 1.165) is 5.56 Å². The molecule has 6 nitrogen and oxygen atoms in total. The van der Waals surface area contributed by atoms with Crippen LogP contribution in [0.15, 0.2) is 60.7 Å². The predicted molar refractivity (Wildman–Crippen MR) is 88.6 cm³/mol. The highest BCUT2D eigenvalue weighted by atomic mass is 16.7. The molecule has 2 aromatic rings. The zero-order valence-corrected chi connectivity index (χ0v) is 13.5. The maximum Gasteiger partial charge on any atom is 0.338 e. The van der Waals surface area contributed by atoms with Crippen LogP contribution in [0.5, 0.6) is 0 Å². The summed E-state index contributed by atoms with van der Waals surface area (Å²) in [5, 5.41) is 20.0. The molecule has 2 aromatic carbocycles. The van der Waals surface area contributed by atoms with E-state index in [1.165, 1.54) is 0 Å². The number of esters is 1. The number of hydrogen-bond acceptors (Lipinski definition) is 6. The number of benzene rings is 2. The Morgan fingerprint density at radius 1 is 1.04 bits per heavy atom. The molecular weight excluding hydrogens is 324 g/mol. The monoisotopic (exact) mass is 344 g/mol. The minimum absolute atomic E-state index is 0.0972. The van der Waals surface area contributed by atoms with Gasteiger partial charge in [0.1, 0.15) is 12.2 Å². The fourth-order valence-electron chi connectivity index (χ4n) is 2.55. The van der Waals surface area contributed by atoms with Crippen LogP contribution < -0.4 is 0 Å². The summed E-state index contributed by atoms with van der Waals surface area (Å²) in [6.45, 7) is 0.133. The van der Waals surface area contributed by atoms with Gasteiger partial charge in [0, 0.05) is 0 Å². The summed E-state index contributed by atoms with van der Waals surface area (Å²) in [6, 6.07) is 17.8. The molecule has 132 valence electrons. The molecule has 0 saturated carbocycles. The fourth-order valence-corrected chi connectivity index (χ4v) is 2.55. The van der Waals surface area contributed by atoms with E-state index < -0.39 is 30.6 Å². The first-order valence-corrected chi connectivity index (χ1v) is 8.04. The third-order valence-corrected chi connectivity index (χ3v) is 3.94. The maximum atomic E-state index is 12.3. The molecule has 0 amide bonds. The number of carbonyl (C=O) groups is 1. The first kappa shape index (κ1) is 17.6. The summed E-state index contributed by atoms with van der Waals surface area (Å²) in [6.07, 6.45) is -4.53. The lowest BCUT2D eigenvalue weighted by Crippen LogP contribution is -2.55. The second-order valence-electron chi connectivity index (χ2n) is 5.79. The summed E-state index contributed by atoms with van der Waals surface area (Å²) in [5.41, 5.74) is 1.26. The van der Waals surface area contributed by atoms with Gasteiger partial charge in [0.05, 0.1) is 18.8 Å². The number of ether oxygens (including phenoxy) is 3. The van der Waals surface area contributed by atoms with Gasteiger partial charge in [0.15, 0.2) is 12.4 Å². The van der Waals surface area contributed by atoms with Gasteiger partial charge in [-0.15, -0.1) is 0 Å². The van der Waals surface area contributed by atoms with Crippen LogP contribution in [0.3, 0.4) is 0 Å². The van der Waals surface area contributed by atoms with Crippen molar-refractivity contribution >= 4 is 5.97 Å². The third kappa shape index (κ3) is 4.43. The molecule has 25 heavy (non-hydrogen) atoms. The molecule has 6 heteroatoms. The fraction of sp³-hybridized carbons (Fsp3) is 0.316. The molecule has 0 aliphatic carbocycles. The molecule has 0 radical (unpaired) electrons. The van der Waals surface area contributed by atoms with E-state index in [9.17, 15) is 15.0 Å². The number of hydrogen-bond donors (Lipinski definition) is 2. The van der Waals surface area contributed by atoms with Crippen LogP contribution in [0, 0.1) is 0 Å². The van der Waals surface area contributed by atoms with Gasteiger partial charge in [-0.1, -0.05) is 48.5 Å². The average molecular weight is 344 g/mol. The van der Waals surface area contributed by atoms with E-state index in [-0.39, 0.29) is 13.2 Å². The summed E-state index contributed by atoms with van der Waals surface area (Å²) in [5.74, 6) is -0.615. The van der Waals surface area contributed by atoms with Crippen molar-refractivity contribution in [3.05, 3.63) is 71.8 Å². The van der Waals surface area contributed by atoms with E-state index in [1.807, 2.05) is 30.3 Å². The van der Waals surface area contributed by atoms with Gasteiger partial charge in [0.2, 0.25) is 0 Å². The highest BCUT2D eigenvalue weighted by Gasteiger charge is 2.42. The number of aliphatic hydroxyl groups excluding tert-OH is 2. The van der Waals surface area contributed by atoms with Crippen LogP contribution in [0.1, 0.15) is 15.9 Å². The Kier molecular flexibility index (Phi) is 5.78. The molecule has 0 spiro atoms. The lowest BCUT2D eigenvalue weighted by Gasteiger charge is -2.37. The molecular formula is C19H20O6. The van der Waals surface area contributed by atoms with Crippen LogP contribution in [0.25, 0.3) is 0 Å². The maximum absolute atomic E-state index is 12.3. The van der Waals surface area contributed by atoms with E-state index in [1.54, 1.807) is 30.3 Å². The van der Waals surface area contributed by atoms with E-state index in [4.69, 9.17) is 14.2 Å². The number of aliphatic hydroxyl groups is 2. The molecule has 1 fully saturated rings. The molecule has 1 aliphatic rings. The molecule has 3 rings (SSSR count). The minimum atomic E-state index is -1.29. The standard InChI is InChI=1S/C19H20O6/c20-15-12-24-19(23-11-13-7-3-1-4-8-13)17(16(15)21)25-18(22)14-9-5-2-6-10-14/h1-10,15-17,19-21H,11-12H2/t15-,16+,17-,19+/m1/s1. The summed E-state index contributed by atoms with van der Waals surface area (Å²) >= 11 is 0. The minimum Gasteiger partial charge on any atom is -0.450 e. The van der Waals surface area contributed by atoms with Crippen LogP contribution in [0.4, 0.5) is 0 Å². The highest BCUT2D eigenvalue weighted by Crippen LogP contribution is 2.22. The van der Waals surface area contributed by atoms with Gasteiger partial charge in [-0.2, -0.15) is 0 Å². The molecule has 1 saturated heterocycles. The Balaban J connectivity index is 1.68. The quantitative estimate of drug-likeness (QED) is 0.800. The molecule has 0 unspecified atom stereocenters. The van der Waals surface area contributed by atoms with Crippen LogP contribution in [-0.4, -0.2) is 47.4 Å². The zero-order valence-electron chi connectivity index (χ0n) is 13.5. The Morgan fingerprint density at radius 3 is 2.36 bits per heavy atom. The SMILES string of the molecule is O=C(O[C@H]1[C@@H](OCc2ccccc2)OC[C@@H](O)[C@@H]1O)c1ccccc1. The second kappa shape index (κ2) is 8.22. The van der Waals surface area contributed by atoms with Gasteiger partial charge in [-0.25, -0.2) is 4.79 Å². The highest BCUT2D eigenvalue weighted by molar-refractivity contribution is 5.89. The zero-order chi connectivity index (χ0) is 17.6. The number of carbonyl (C=O) groups excluding carboxylic acids is 1. The Hall–Kier alpha value is -2.25. The van der Waals surface area contributed by atoms with Crippen LogP contribution >= 0.6 is 0 Å². The lowest BCUT2D eigenvalue weighted by molar-refractivity contribution is -0.272. The normalized spacial score (nSPS) is 26.2. The summed E-state index contributed by atoms with van der Waals surface area (Å²) in [7, 11) is 0. The summed E-state index contributed by atoms with van der Waals surface area (Å²) < 4.78 is 16.5. The Labute approximate surface area is 145 Å². The molecule has 0 bridgehead atoms. The van der Waals surface area contributed by atoms with Crippen molar-refractivity contribution in [2.75, 3.05) is 6.61 Å². The summed E-state index contributed by atoms with van der Waals surface area (Å²) in [4.78, 5) is 12.3. The van der Waals surface area contributed by atoms with Crippen molar-refractivity contribution < 1.29 is 29.2 Å². The molecule has 2 N–H and O–H groups in total. The van der Waals surface area contributed by atoms with Crippen molar-refractivity contribution in [1.82, 2.24) is 0 Å². The Morgan fingerprint density at radius 2 is 1.68 bits per heavy atom. The Bertz CT molecular complexity index is 675. The van der Waals surface area contributed by atoms with Crippen LogP contribution in [-0.2, 0) is 20.8 Å². The average Bonchev–Trinajstić information content (AvgIpc) is 2.66. The third-order valence-electron chi connectivity index (χ3n) is 3.94. The molecule has 1 heterocycles. The first-order chi connectivity index (χ1) is 12.1. The van der Waals surface area contributed by atoms with Gasteiger partial charge in [-0.3, -0.25) is 0 Å². The largest absolute Gasteiger partial charge is 0.450 e. The van der Waals surface area contributed by atoms with Crippen molar-refractivity contribution in [3.63, 3.8) is 0 Å². The molecule has 1 aliphatic heterocycles. The van der Waals surface area contributed by atoms with Crippen molar-refractivity contribution in [2.45, 2.75) is 31.2 Å². The van der Waals surface area contributed by atoms with Crippen LogP contribution in [0.2, 0.25) is 0 Å². The topological polar surface area (TPSA) is 85.2 Å². The van der Waals surface area contributed by atoms with Crippen molar-refractivity contribution in [2.24, 2.45) is 0 Å². The van der Waals surface area contributed by atoms with E-state index >= 15 is 0 Å². The van der Waals surface area contributed by atoms with Gasteiger partial charge in [-0.05, 0) is 17.7 Å². The molecule has 4 atom stereocenters. The van der Waals surface area contributed by atoms with Gasteiger partial charge in [0.25, 0.3) is 0 Å². The van der Waals surface area contributed by atoms with E-state index in [2.05, 4.69) is 0 Å². The smallest absolute Gasteiger partial charge is 0.338 e. The van der Waals surface area contributed by atoms with Crippen molar-refractivity contribution in [3.8, 4) is 0 Å². The first-order valence-electron chi connectivity index (χ1n) is 8.04. The molecule has 0 aromatic heterocycles. The lowest BCUT2D eigenvalue weighted by atomic mass is 10.0. The predicted octanol–water partition coefficient (Wildman–Crippen LogP) is 1.51. The van der Waals surface area contributed by atoms with Gasteiger partial charge >= 0.3 is 5.97 Å².